The molecule has 0 aliphatic rings. The van der Waals surface area contributed by atoms with Crippen molar-refractivity contribution in [2.75, 3.05) is 6.54 Å². The first-order valence-electron chi connectivity index (χ1n) is 11.2. The number of nitriles is 1. The summed E-state index contributed by atoms with van der Waals surface area (Å²) in [6.45, 7) is 4.30. The summed E-state index contributed by atoms with van der Waals surface area (Å²) >= 11 is 0. The summed E-state index contributed by atoms with van der Waals surface area (Å²) < 4.78 is 41.8. The van der Waals surface area contributed by atoms with Crippen molar-refractivity contribution >= 4 is 5.78 Å². The highest BCUT2D eigenvalue weighted by molar-refractivity contribution is 5.83. The molecule has 0 aliphatic heterocycles. The van der Waals surface area contributed by atoms with Gasteiger partial charge in [0.15, 0.2) is 0 Å². The van der Waals surface area contributed by atoms with Crippen LogP contribution in [0.15, 0.2) is 61.1 Å². The van der Waals surface area contributed by atoms with Crippen LogP contribution in [0.25, 0.3) is 0 Å². The quantitative estimate of drug-likeness (QED) is 0.337. The number of rotatable bonds is 10. The predicted molar refractivity (Wildman–Crippen MR) is 126 cm³/mol. The number of nitrogens with two attached hydrogens (primary N) is 1. The molecule has 0 aliphatic carbocycles. The van der Waals surface area contributed by atoms with Crippen LogP contribution in [0.2, 0.25) is 0 Å². The average molecular weight is 484 g/mol. The molecule has 0 radical (unpaired) electrons. The van der Waals surface area contributed by atoms with Crippen LogP contribution in [0.4, 0.5) is 13.2 Å². The molecule has 1 atom stereocenters. The largest absolute Gasteiger partial charge is 0.416 e. The first-order valence-corrected chi connectivity index (χ1v) is 11.2. The maximum atomic E-state index is 13.3. The fourth-order valence-electron chi connectivity index (χ4n) is 3.98. The number of halogens is 3. The van der Waals surface area contributed by atoms with Gasteiger partial charge in [0.25, 0.3) is 0 Å². The van der Waals surface area contributed by atoms with Crippen molar-refractivity contribution in [1.82, 2.24) is 14.6 Å². The Kier molecular flexibility index (Phi) is 8.43. The highest BCUT2D eigenvalue weighted by atomic mass is 19.4. The molecule has 0 saturated carbocycles. The predicted octanol–water partition coefficient (Wildman–Crippen LogP) is 4.58. The van der Waals surface area contributed by atoms with Crippen LogP contribution in [0.1, 0.15) is 41.8 Å². The molecule has 1 aromatic heterocycles. The maximum Gasteiger partial charge on any atom is 0.416 e. The van der Waals surface area contributed by atoms with E-state index in [-0.39, 0.29) is 36.8 Å². The summed E-state index contributed by atoms with van der Waals surface area (Å²) in [5.41, 5.74) is 1.61. The monoisotopic (exact) mass is 483 g/mol. The van der Waals surface area contributed by atoms with Crippen molar-refractivity contribution in [3.63, 3.8) is 0 Å². The third-order valence-corrected chi connectivity index (χ3v) is 5.94. The number of Topliss-reactive ketones (excluding diaryl/α,β-unsaturated/α-hetero) is 1. The molecule has 9 heteroatoms. The van der Waals surface area contributed by atoms with Crippen molar-refractivity contribution in [3.05, 3.63) is 89.0 Å². The molecule has 35 heavy (non-hydrogen) atoms. The number of nitrogens with zero attached hydrogens (tertiary/aromatic N) is 4. The molecule has 0 unspecified atom stereocenters. The van der Waals surface area contributed by atoms with Gasteiger partial charge in [-0.25, -0.2) is 9.99 Å². The molecule has 0 saturated heterocycles. The Bertz CT molecular complexity index is 1180. The van der Waals surface area contributed by atoms with Crippen molar-refractivity contribution in [2.24, 2.45) is 17.7 Å². The van der Waals surface area contributed by atoms with E-state index in [4.69, 9.17) is 11.1 Å². The molecule has 0 spiro atoms. The minimum atomic E-state index is -4.47. The van der Waals surface area contributed by atoms with Gasteiger partial charge < -0.3 is 4.57 Å². The normalized spacial score (nSPS) is 12.7. The second kappa shape index (κ2) is 11.3. The zero-order valence-electron chi connectivity index (χ0n) is 19.7. The van der Waals surface area contributed by atoms with Crippen LogP contribution < -0.4 is 5.84 Å². The Labute approximate surface area is 202 Å². The second-order valence-corrected chi connectivity index (χ2v) is 8.90. The standard InChI is InChI=1S/C26H28F3N5O/c1-18(2)23(16-34(31)15-21-5-3-4-6-24(21)26(27,28)29)25(35)11-22-13-32-17-33(22)14-20-9-7-19(12-30)8-10-20/h3-10,13,17-18,23H,11,14-16,31H2,1-2H3/t23-/m1/s1. The Morgan fingerprint density at radius 1 is 1.17 bits per heavy atom. The lowest BCUT2D eigenvalue weighted by Gasteiger charge is -2.26. The van der Waals surface area contributed by atoms with Gasteiger partial charge in [0.05, 0.1) is 23.5 Å². The van der Waals surface area contributed by atoms with Crippen LogP contribution in [0, 0.1) is 23.2 Å². The summed E-state index contributed by atoms with van der Waals surface area (Å²) in [4.78, 5) is 17.4. The van der Waals surface area contributed by atoms with Crippen molar-refractivity contribution in [1.29, 1.82) is 5.26 Å². The van der Waals surface area contributed by atoms with Gasteiger partial charge in [-0.2, -0.15) is 18.4 Å². The summed E-state index contributed by atoms with van der Waals surface area (Å²) in [6.07, 6.45) is -1.06. The van der Waals surface area contributed by atoms with E-state index in [1.165, 1.54) is 17.1 Å². The molecule has 3 aromatic rings. The number of imidazole rings is 1. The fraction of sp³-hybridized carbons (Fsp3) is 0.346. The van der Waals surface area contributed by atoms with E-state index in [9.17, 15) is 18.0 Å². The number of carbonyl (C=O) groups is 1. The molecule has 3 rings (SSSR count). The third-order valence-electron chi connectivity index (χ3n) is 5.94. The number of alkyl halides is 3. The summed E-state index contributed by atoms with van der Waals surface area (Å²) in [6, 6.07) is 14.6. The lowest BCUT2D eigenvalue weighted by molar-refractivity contribution is -0.138. The van der Waals surface area contributed by atoms with Gasteiger partial charge in [-0.05, 0) is 35.2 Å². The van der Waals surface area contributed by atoms with E-state index in [1.54, 1.807) is 30.7 Å². The molecule has 0 amide bonds. The first kappa shape index (κ1) is 26.1. The highest BCUT2D eigenvalue weighted by Crippen LogP contribution is 2.32. The number of benzene rings is 2. The van der Waals surface area contributed by atoms with Crippen LogP contribution in [0.3, 0.4) is 0 Å². The SMILES string of the molecule is CC(C)[C@@H](CN(N)Cc1ccccc1C(F)(F)F)C(=O)Cc1cncn1Cc1ccc(C#N)cc1. The molecule has 1 heterocycles. The smallest absolute Gasteiger partial charge is 0.330 e. The van der Waals surface area contributed by atoms with E-state index >= 15 is 0 Å². The van der Waals surface area contributed by atoms with Gasteiger partial charge in [-0.1, -0.05) is 44.2 Å². The summed E-state index contributed by atoms with van der Waals surface area (Å²) in [5.74, 6) is 5.53. The maximum absolute atomic E-state index is 13.3. The number of carbonyl (C=O) groups excluding carboxylic acids is 1. The Morgan fingerprint density at radius 3 is 2.49 bits per heavy atom. The van der Waals surface area contributed by atoms with Crippen molar-refractivity contribution in [2.45, 2.75) is 39.5 Å². The third kappa shape index (κ3) is 7.01. The highest BCUT2D eigenvalue weighted by Gasteiger charge is 2.33. The minimum Gasteiger partial charge on any atom is -0.330 e. The van der Waals surface area contributed by atoms with E-state index in [2.05, 4.69) is 11.1 Å². The molecule has 2 aromatic carbocycles. The van der Waals surface area contributed by atoms with E-state index in [0.29, 0.717) is 12.1 Å². The summed E-state index contributed by atoms with van der Waals surface area (Å²) in [5, 5.41) is 10.2. The van der Waals surface area contributed by atoms with Gasteiger partial charge in [-0.3, -0.25) is 10.6 Å². The number of hydrogen-bond donors (Lipinski definition) is 1. The lowest BCUT2D eigenvalue weighted by atomic mass is 9.89. The topological polar surface area (TPSA) is 87.9 Å². The Balaban J connectivity index is 1.68. The van der Waals surface area contributed by atoms with E-state index in [0.717, 1.165) is 17.3 Å². The van der Waals surface area contributed by atoms with Crippen LogP contribution in [-0.2, 0) is 30.5 Å². The molecular formula is C26H28F3N5O. The fourth-order valence-corrected chi connectivity index (χ4v) is 3.98. The van der Waals surface area contributed by atoms with E-state index in [1.807, 2.05) is 30.5 Å². The van der Waals surface area contributed by atoms with Crippen molar-refractivity contribution < 1.29 is 18.0 Å². The average Bonchev–Trinajstić information content (AvgIpc) is 3.23. The van der Waals surface area contributed by atoms with Crippen LogP contribution in [0.5, 0.6) is 0 Å². The van der Waals surface area contributed by atoms with E-state index < -0.39 is 17.7 Å². The second-order valence-electron chi connectivity index (χ2n) is 8.90. The number of hydrogen-bond acceptors (Lipinski definition) is 5. The molecule has 2 N–H and O–H groups in total. The van der Waals surface area contributed by atoms with Gasteiger partial charge >= 0.3 is 6.18 Å². The number of ketones is 1. The molecule has 0 bridgehead atoms. The zero-order valence-corrected chi connectivity index (χ0v) is 19.7. The van der Waals surface area contributed by atoms with Gasteiger partial charge in [-0.15, -0.1) is 0 Å². The number of hydrazine groups is 1. The minimum absolute atomic E-state index is 0.0543. The molecular weight excluding hydrogens is 455 g/mol. The van der Waals surface area contributed by atoms with Crippen molar-refractivity contribution in [3.8, 4) is 6.07 Å². The Hall–Kier alpha value is -3.48. The van der Waals surface area contributed by atoms with Gasteiger partial charge in [0.2, 0.25) is 0 Å². The summed E-state index contributed by atoms with van der Waals surface area (Å²) in [7, 11) is 0. The number of aromatic nitrogens is 2. The van der Waals surface area contributed by atoms with Gasteiger partial charge in [0.1, 0.15) is 5.78 Å². The molecule has 184 valence electrons. The van der Waals surface area contributed by atoms with Gasteiger partial charge in [0, 0.05) is 43.9 Å². The molecule has 0 fully saturated rings. The van der Waals surface area contributed by atoms with Crippen LogP contribution >= 0.6 is 0 Å². The zero-order chi connectivity index (χ0) is 25.6. The lowest BCUT2D eigenvalue weighted by Crippen LogP contribution is -2.40. The molecule has 6 nitrogen and oxygen atoms in total. The van der Waals surface area contributed by atoms with Crippen LogP contribution in [-0.4, -0.2) is 26.9 Å². The first-order chi connectivity index (χ1) is 16.6. The Morgan fingerprint density at radius 2 is 1.86 bits per heavy atom.